The van der Waals surface area contributed by atoms with Gasteiger partial charge < -0.3 is 14.4 Å². The number of hydrogen-bond acceptors (Lipinski definition) is 3. The van der Waals surface area contributed by atoms with E-state index in [9.17, 15) is 9.90 Å². The maximum absolute atomic E-state index is 11.7. The van der Waals surface area contributed by atoms with Crippen LogP contribution in [0.1, 0.15) is 65.2 Å². The Kier molecular flexibility index (Phi) is 9.06. The smallest absolute Gasteiger partial charge is 0.193 e. The van der Waals surface area contributed by atoms with Crippen molar-refractivity contribution in [3.63, 3.8) is 0 Å². The zero-order valence-electron chi connectivity index (χ0n) is 14.1. The number of carbonyl (C=O) groups is 1. The predicted molar refractivity (Wildman–Crippen MR) is 82.1 cm³/mol. The number of carbonyl (C=O) groups excluding carboxylic acids is 1. The van der Waals surface area contributed by atoms with E-state index in [-0.39, 0.29) is 0 Å². The normalized spacial score (nSPS) is 15.1. The van der Waals surface area contributed by atoms with Crippen LogP contribution in [0.25, 0.3) is 0 Å². The number of quaternary nitrogens is 1. The van der Waals surface area contributed by atoms with E-state index in [0.717, 1.165) is 19.4 Å². The number of aliphatic carboxylic acids is 1. The monoisotopic (exact) mass is 286 g/mol. The van der Waals surface area contributed by atoms with Crippen LogP contribution in [0, 0.1) is 0 Å². The number of carboxylic acid groups (broad SMARTS) is 1. The molecule has 0 aliphatic rings. The lowest BCUT2D eigenvalue weighted by atomic mass is 10.00. The molecular weight excluding hydrogens is 252 g/mol. The SMILES string of the molecule is CCCCCCCCNC(CCC)(C(=O)[O-])[N+](C)(C)C. The van der Waals surface area contributed by atoms with E-state index in [0.29, 0.717) is 10.9 Å². The van der Waals surface area contributed by atoms with Crippen LogP contribution in [0.3, 0.4) is 0 Å². The Morgan fingerprint density at radius 2 is 1.55 bits per heavy atom. The van der Waals surface area contributed by atoms with Crippen LogP contribution in [0.4, 0.5) is 0 Å². The molecule has 0 saturated carbocycles. The summed E-state index contributed by atoms with van der Waals surface area (Å²) in [7, 11) is 5.75. The second-order valence-corrected chi connectivity index (χ2v) is 6.60. The van der Waals surface area contributed by atoms with Crippen molar-refractivity contribution in [1.29, 1.82) is 0 Å². The van der Waals surface area contributed by atoms with E-state index >= 15 is 0 Å². The molecule has 1 atom stereocenters. The molecule has 1 N–H and O–H groups in total. The number of likely N-dealkylation sites (N-methyl/N-ethyl adjacent to an activating group) is 1. The summed E-state index contributed by atoms with van der Waals surface area (Å²) >= 11 is 0. The van der Waals surface area contributed by atoms with Gasteiger partial charge in [-0.05, 0) is 12.8 Å². The molecule has 4 nitrogen and oxygen atoms in total. The van der Waals surface area contributed by atoms with E-state index < -0.39 is 11.6 Å². The highest BCUT2D eigenvalue weighted by atomic mass is 16.4. The Morgan fingerprint density at radius 3 is 2.00 bits per heavy atom. The Balaban J connectivity index is 4.34. The van der Waals surface area contributed by atoms with Crippen molar-refractivity contribution in [3.05, 3.63) is 0 Å². The van der Waals surface area contributed by atoms with Gasteiger partial charge in [-0.15, -0.1) is 0 Å². The van der Waals surface area contributed by atoms with Crippen LogP contribution in [-0.4, -0.2) is 43.8 Å². The fraction of sp³-hybridized carbons (Fsp3) is 0.938. The topological polar surface area (TPSA) is 52.2 Å². The van der Waals surface area contributed by atoms with Crippen molar-refractivity contribution < 1.29 is 14.4 Å². The third-order valence-electron chi connectivity index (χ3n) is 4.04. The number of carboxylic acids is 1. The largest absolute Gasteiger partial charge is 0.543 e. The molecule has 0 aromatic rings. The summed E-state index contributed by atoms with van der Waals surface area (Å²) in [5, 5.41) is 14.9. The number of rotatable bonds is 12. The number of nitrogens with one attached hydrogen (secondary N) is 1. The second kappa shape index (κ2) is 9.35. The zero-order chi connectivity index (χ0) is 15.6. The minimum absolute atomic E-state index is 0.346. The standard InChI is InChI=1S/C16H34N2O2/c1-6-8-9-10-11-12-14-17-16(13-7-2,15(19)20)18(3,4)5/h17H,6-14H2,1-5H3. The molecule has 0 saturated heterocycles. The van der Waals surface area contributed by atoms with Crippen LogP contribution in [0.2, 0.25) is 0 Å². The zero-order valence-corrected chi connectivity index (χ0v) is 14.1. The van der Waals surface area contributed by atoms with Crippen molar-refractivity contribution in [2.24, 2.45) is 0 Å². The molecule has 20 heavy (non-hydrogen) atoms. The Morgan fingerprint density at radius 1 is 1.00 bits per heavy atom. The van der Waals surface area contributed by atoms with Gasteiger partial charge in [0.15, 0.2) is 5.66 Å². The molecule has 0 aromatic heterocycles. The number of hydrogen-bond donors (Lipinski definition) is 1. The van der Waals surface area contributed by atoms with Gasteiger partial charge in [-0.1, -0.05) is 46.0 Å². The fourth-order valence-electron chi connectivity index (χ4n) is 2.67. The van der Waals surface area contributed by atoms with Crippen LogP contribution in [-0.2, 0) is 4.79 Å². The summed E-state index contributed by atoms with van der Waals surface area (Å²) in [5.41, 5.74) is -0.974. The molecule has 0 amide bonds. The lowest BCUT2D eigenvalue weighted by molar-refractivity contribution is -0.920. The summed E-state index contributed by atoms with van der Waals surface area (Å²) in [6.45, 7) is 4.97. The maximum atomic E-state index is 11.7. The highest BCUT2D eigenvalue weighted by molar-refractivity contribution is 5.74. The molecular formula is C16H34N2O2. The molecule has 0 bridgehead atoms. The van der Waals surface area contributed by atoms with Gasteiger partial charge in [0, 0.05) is 13.0 Å². The van der Waals surface area contributed by atoms with Gasteiger partial charge in [-0.25, -0.2) is 0 Å². The third-order valence-corrected chi connectivity index (χ3v) is 4.04. The summed E-state index contributed by atoms with van der Waals surface area (Å²) < 4.78 is 0.346. The first-order valence-electron chi connectivity index (χ1n) is 8.09. The molecule has 0 aliphatic heterocycles. The van der Waals surface area contributed by atoms with E-state index in [1.807, 2.05) is 28.1 Å². The van der Waals surface area contributed by atoms with Gasteiger partial charge >= 0.3 is 0 Å². The van der Waals surface area contributed by atoms with E-state index in [4.69, 9.17) is 0 Å². The first-order valence-corrected chi connectivity index (χ1v) is 8.09. The third kappa shape index (κ3) is 5.80. The highest BCUT2D eigenvalue weighted by Crippen LogP contribution is 2.21. The molecule has 0 spiro atoms. The molecule has 0 rings (SSSR count). The molecule has 0 aliphatic carbocycles. The Bertz CT molecular complexity index is 274. The molecule has 120 valence electrons. The molecule has 0 heterocycles. The summed E-state index contributed by atoms with van der Waals surface area (Å²) in [5.74, 6) is -0.988. The average Bonchev–Trinajstić information content (AvgIpc) is 2.34. The number of nitrogens with zero attached hydrogens (tertiary/aromatic N) is 1. The van der Waals surface area contributed by atoms with Crippen molar-refractivity contribution >= 4 is 5.97 Å². The van der Waals surface area contributed by atoms with Crippen LogP contribution >= 0.6 is 0 Å². The summed E-state index contributed by atoms with van der Waals surface area (Å²) in [6, 6.07) is 0. The van der Waals surface area contributed by atoms with Gasteiger partial charge in [0.2, 0.25) is 0 Å². The Labute approximate surface area is 125 Å². The van der Waals surface area contributed by atoms with Gasteiger partial charge in [0.05, 0.1) is 21.1 Å². The van der Waals surface area contributed by atoms with E-state index in [1.165, 1.54) is 32.1 Å². The van der Waals surface area contributed by atoms with Gasteiger partial charge in [0.25, 0.3) is 0 Å². The lowest BCUT2D eigenvalue weighted by Crippen LogP contribution is -2.73. The van der Waals surface area contributed by atoms with Gasteiger partial charge in [-0.3, -0.25) is 5.32 Å². The van der Waals surface area contributed by atoms with Crippen LogP contribution in [0.15, 0.2) is 0 Å². The first-order chi connectivity index (χ1) is 9.31. The minimum atomic E-state index is -0.988. The van der Waals surface area contributed by atoms with Gasteiger partial charge in [-0.2, -0.15) is 0 Å². The van der Waals surface area contributed by atoms with Crippen LogP contribution in [0.5, 0.6) is 0 Å². The van der Waals surface area contributed by atoms with Gasteiger partial charge in [0.1, 0.15) is 5.97 Å². The summed E-state index contributed by atoms with van der Waals surface area (Å²) in [4.78, 5) is 11.7. The molecule has 1 unspecified atom stereocenters. The molecule has 0 fully saturated rings. The first kappa shape index (κ1) is 19.4. The van der Waals surface area contributed by atoms with Crippen LogP contribution < -0.4 is 10.4 Å². The lowest BCUT2D eigenvalue weighted by Gasteiger charge is -2.47. The molecule has 4 heteroatoms. The quantitative estimate of drug-likeness (QED) is 0.339. The maximum Gasteiger partial charge on any atom is 0.193 e. The summed E-state index contributed by atoms with van der Waals surface area (Å²) in [6.07, 6.45) is 8.69. The van der Waals surface area contributed by atoms with Crippen molar-refractivity contribution in [2.45, 2.75) is 70.9 Å². The van der Waals surface area contributed by atoms with Crippen molar-refractivity contribution in [2.75, 3.05) is 27.7 Å². The average molecular weight is 286 g/mol. The minimum Gasteiger partial charge on any atom is -0.543 e. The van der Waals surface area contributed by atoms with E-state index in [1.54, 1.807) is 0 Å². The second-order valence-electron chi connectivity index (χ2n) is 6.60. The van der Waals surface area contributed by atoms with Crippen molar-refractivity contribution in [1.82, 2.24) is 5.32 Å². The van der Waals surface area contributed by atoms with E-state index in [2.05, 4.69) is 12.2 Å². The number of unbranched alkanes of at least 4 members (excludes halogenated alkanes) is 5. The molecule has 0 aromatic carbocycles. The van der Waals surface area contributed by atoms with Crippen molar-refractivity contribution in [3.8, 4) is 0 Å². The molecule has 0 radical (unpaired) electrons. The Hall–Kier alpha value is -0.610. The fourth-order valence-corrected chi connectivity index (χ4v) is 2.67. The highest BCUT2D eigenvalue weighted by Gasteiger charge is 2.43. The predicted octanol–water partition coefficient (Wildman–Crippen LogP) is 1.89.